The van der Waals surface area contributed by atoms with Gasteiger partial charge in [0.05, 0.1) is 12.1 Å². The smallest absolute Gasteiger partial charge is 0.244 e. The van der Waals surface area contributed by atoms with E-state index in [1.807, 2.05) is 24.3 Å². The van der Waals surface area contributed by atoms with Crippen molar-refractivity contribution in [3.63, 3.8) is 0 Å². The number of rotatable bonds is 2. The first-order valence-electron chi connectivity index (χ1n) is 7.04. The fourth-order valence-electron chi connectivity index (χ4n) is 2.81. The minimum absolute atomic E-state index is 0.0590. The lowest BCUT2D eigenvalue weighted by Gasteiger charge is -2.03. The van der Waals surface area contributed by atoms with E-state index in [0.29, 0.717) is 24.7 Å². The van der Waals surface area contributed by atoms with Crippen molar-refractivity contribution in [2.75, 3.05) is 6.54 Å². The molecular formula is C16H15N3O2. The number of benzene rings is 2. The lowest BCUT2D eigenvalue weighted by Crippen LogP contribution is -2.15. The van der Waals surface area contributed by atoms with Gasteiger partial charge in [-0.1, -0.05) is 47.6 Å². The zero-order valence-electron chi connectivity index (χ0n) is 11.4. The molecule has 2 aromatic carbocycles. The average Bonchev–Trinajstić information content (AvgIpc) is 3.15. The summed E-state index contributed by atoms with van der Waals surface area (Å²) in [6.45, 7) is 0.566. The highest BCUT2D eigenvalue weighted by molar-refractivity contribution is 5.94. The molecule has 1 fully saturated rings. The van der Waals surface area contributed by atoms with Crippen molar-refractivity contribution in [2.45, 2.75) is 18.6 Å². The zero-order chi connectivity index (χ0) is 14.2. The third kappa shape index (κ3) is 2.20. The van der Waals surface area contributed by atoms with Crippen LogP contribution in [0.2, 0.25) is 0 Å². The van der Waals surface area contributed by atoms with Gasteiger partial charge in [0, 0.05) is 12.1 Å². The fraction of sp³-hybridized carbons (Fsp3) is 0.250. The second-order valence-electron chi connectivity index (χ2n) is 5.33. The third-order valence-corrected chi connectivity index (χ3v) is 3.88. The lowest BCUT2D eigenvalue weighted by molar-refractivity contribution is 0.191. The van der Waals surface area contributed by atoms with Crippen LogP contribution in [0.5, 0.6) is 0 Å². The Morgan fingerprint density at radius 1 is 1.14 bits per heavy atom. The van der Waals surface area contributed by atoms with Crippen LogP contribution in [-0.2, 0) is 0 Å². The summed E-state index contributed by atoms with van der Waals surface area (Å²) in [7, 11) is 0. The highest BCUT2D eigenvalue weighted by Crippen LogP contribution is 2.29. The predicted molar refractivity (Wildman–Crippen MR) is 78.6 cm³/mol. The van der Waals surface area contributed by atoms with Gasteiger partial charge in [-0.25, -0.2) is 0 Å². The molecule has 1 saturated heterocycles. The van der Waals surface area contributed by atoms with Gasteiger partial charge in [-0.15, -0.1) is 0 Å². The highest BCUT2D eigenvalue weighted by atomic mass is 16.5. The first kappa shape index (κ1) is 12.5. The molecule has 3 aromatic rings. The Balaban J connectivity index is 1.74. The molecule has 21 heavy (non-hydrogen) atoms. The van der Waals surface area contributed by atoms with E-state index in [4.69, 9.17) is 4.52 Å². The van der Waals surface area contributed by atoms with Gasteiger partial charge in [-0.2, -0.15) is 4.98 Å². The SMILES string of the molecule is O[C@@H]1CN[C@@H](c2nc(-c3cccc4ccccc34)no2)C1. The molecule has 0 aliphatic carbocycles. The summed E-state index contributed by atoms with van der Waals surface area (Å²) in [5, 5.41) is 19.1. The number of nitrogens with zero attached hydrogens (tertiary/aromatic N) is 2. The maximum absolute atomic E-state index is 9.57. The zero-order valence-corrected chi connectivity index (χ0v) is 11.4. The molecule has 1 aliphatic rings. The first-order valence-corrected chi connectivity index (χ1v) is 7.04. The largest absolute Gasteiger partial charge is 0.392 e. The van der Waals surface area contributed by atoms with E-state index in [9.17, 15) is 5.11 Å². The third-order valence-electron chi connectivity index (χ3n) is 3.88. The monoisotopic (exact) mass is 281 g/mol. The van der Waals surface area contributed by atoms with Gasteiger partial charge in [0.15, 0.2) is 0 Å². The number of fused-ring (bicyclic) bond motifs is 1. The molecule has 2 atom stereocenters. The van der Waals surface area contributed by atoms with Crippen LogP contribution in [0.1, 0.15) is 18.4 Å². The summed E-state index contributed by atoms with van der Waals surface area (Å²) in [5.41, 5.74) is 0.960. The predicted octanol–water partition coefficient (Wildman–Crippen LogP) is 2.29. The van der Waals surface area contributed by atoms with E-state index in [1.54, 1.807) is 0 Å². The van der Waals surface area contributed by atoms with Crippen LogP contribution in [0.4, 0.5) is 0 Å². The molecule has 0 unspecified atom stereocenters. The van der Waals surface area contributed by atoms with Crippen molar-refractivity contribution in [1.29, 1.82) is 0 Å². The topological polar surface area (TPSA) is 71.2 Å². The van der Waals surface area contributed by atoms with Crippen LogP contribution < -0.4 is 5.32 Å². The Hall–Kier alpha value is -2.24. The van der Waals surface area contributed by atoms with Gasteiger partial charge in [-0.05, 0) is 17.2 Å². The number of hydrogen-bond acceptors (Lipinski definition) is 5. The lowest BCUT2D eigenvalue weighted by atomic mass is 10.0. The van der Waals surface area contributed by atoms with Crippen molar-refractivity contribution in [3.05, 3.63) is 48.4 Å². The molecular weight excluding hydrogens is 266 g/mol. The van der Waals surface area contributed by atoms with Crippen LogP contribution in [0.15, 0.2) is 47.0 Å². The minimum atomic E-state index is -0.345. The second-order valence-corrected chi connectivity index (χ2v) is 5.33. The number of aliphatic hydroxyl groups is 1. The standard InChI is InChI=1S/C16H15N3O2/c20-11-8-14(17-9-11)16-18-15(19-21-16)13-7-3-5-10-4-1-2-6-12(10)13/h1-7,11,14,17,20H,8-9H2/t11-,14+/m0/s1. The quantitative estimate of drug-likeness (QED) is 0.754. The van der Waals surface area contributed by atoms with Gasteiger partial charge < -0.3 is 14.9 Å². The number of aliphatic hydroxyl groups excluding tert-OH is 1. The van der Waals surface area contributed by atoms with Crippen LogP contribution in [-0.4, -0.2) is 27.9 Å². The summed E-state index contributed by atoms with van der Waals surface area (Å²) < 4.78 is 5.37. The molecule has 0 radical (unpaired) electrons. The van der Waals surface area contributed by atoms with Crippen molar-refractivity contribution < 1.29 is 9.63 Å². The molecule has 2 N–H and O–H groups in total. The summed E-state index contributed by atoms with van der Waals surface area (Å²) in [6.07, 6.45) is 0.264. The Bertz CT molecular complexity index is 779. The van der Waals surface area contributed by atoms with E-state index < -0.39 is 0 Å². The molecule has 0 amide bonds. The van der Waals surface area contributed by atoms with Gasteiger partial charge in [0.25, 0.3) is 0 Å². The number of aromatic nitrogens is 2. The molecule has 0 spiro atoms. The van der Waals surface area contributed by atoms with Crippen molar-refractivity contribution in [3.8, 4) is 11.4 Å². The summed E-state index contributed by atoms with van der Waals surface area (Å²) in [4.78, 5) is 4.50. The molecule has 2 heterocycles. The van der Waals surface area contributed by atoms with Gasteiger partial charge >= 0.3 is 0 Å². The van der Waals surface area contributed by atoms with Crippen LogP contribution in [0.3, 0.4) is 0 Å². The van der Waals surface area contributed by atoms with E-state index in [0.717, 1.165) is 16.3 Å². The fourth-order valence-corrected chi connectivity index (χ4v) is 2.81. The molecule has 0 saturated carbocycles. The molecule has 5 nitrogen and oxygen atoms in total. The van der Waals surface area contributed by atoms with Gasteiger partial charge in [0.2, 0.25) is 11.7 Å². The summed E-state index contributed by atoms with van der Waals surface area (Å²) in [6, 6.07) is 14.1. The number of nitrogens with one attached hydrogen (secondary N) is 1. The van der Waals surface area contributed by atoms with E-state index >= 15 is 0 Å². The Labute approximate surface area is 121 Å². The Morgan fingerprint density at radius 2 is 2.00 bits per heavy atom. The molecule has 1 aromatic heterocycles. The van der Waals surface area contributed by atoms with Gasteiger partial charge in [-0.3, -0.25) is 0 Å². The Kier molecular flexibility index (Phi) is 2.94. The van der Waals surface area contributed by atoms with Crippen LogP contribution >= 0.6 is 0 Å². The molecule has 106 valence electrons. The summed E-state index contributed by atoms with van der Waals surface area (Å²) in [5.74, 6) is 1.12. The number of β-amino-alcohol motifs (C(OH)–C–C–N with tert-alkyl or cyclic N) is 1. The normalized spacial score (nSPS) is 22.0. The van der Waals surface area contributed by atoms with Crippen LogP contribution in [0, 0.1) is 0 Å². The maximum Gasteiger partial charge on any atom is 0.244 e. The Morgan fingerprint density at radius 3 is 2.86 bits per heavy atom. The van der Waals surface area contributed by atoms with E-state index in [-0.39, 0.29) is 12.1 Å². The highest BCUT2D eigenvalue weighted by Gasteiger charge is 2.28. The first-order chi connectivity index (χ1) is 10.3. The summed E-state index contributed by atoms with van der Waals surface area (Å²) >= 11 is 0. The van der Waals surface area contributed by atoms with Crippen molar-refractivity contribution >= 4 is 10.8 Å². The minimum Gasteiger partial charge on any atom is -0.392 e. The molecule has 4 rings (SSSR count). The van der Waals surface area contributed by atoms with Crippen molar-refractivity contribution in [1.82, 2.24) is 15.5 Å². The van der Waals surface area contributed by atoms with E-state index in [2.05, 4.69) is 33.7 Å². The van der Waals surface area contributed by atoms with Crippen LogP contribution in [0.25, 0.3) is 22.2 Å². The van der Waals surface area contributed by atoms with E-state index in [1.165, 1.54) is 0 Å². The van der Waals surface area contributed by atoms with Gasteiger partial charge in [0.1, 0.15) is 0 Å². The average molecular weight is 281 g/mol. The molecule has 0 bridgehead atoms. The number of hydrogen-bond donors (Lipinski definition) is 2. The molecule has 1 aliphatic heterocycles. The second kappa shape index (κ2) is 4.95. The maximum atomic E-state index is 9.57. The van der Waals surface area contributed by atoms with Crippen molar-refractivity contribution in [2.24, 2.45) is 0 Å². The molecule has 5 heteroatoms.